The molecule has 5 nitrogen and oxygen atoms in total. The zero-order valence-electron chi connectivity index (χ0n) is 13.8. The molecule has 2 amide bonds. The number of rotatable bonds is 3. The van der Waals surface area contributed by atoms with Crippen LogP contribution in [0.5, 0.6) is 0 Å². The van der Waals surface area contributed by atoms with Gasteiger partial charge >= 0.3 is 6.09 Å². The number of cyclic esters (lactones) is 1. The second kappa shape index (κ2) is 6.47. The van der Waals surface area contributed by atoms with E-state index in [1.165, 1.54) is 19.3 Å². The van der Waals surface area contributed by atoms with Crippen LogP contribution in [0.1, 0.15) is 52.4 Å². The maximum absolute atomic E-state index is 12.5. The zero-order chi connectivity index (χ0) is 15.7. The van der Waals surface area contributed by atoms with Crippen LogP contribution in [0.3, 0.4) is 0 Å². The van der Waals surface area contributed by atoms with Gasteiger partial charge in [0.05, 0.1) is 6.61 Å². The summed E-state index contributed by atoms with van der Waals surface area (Å²) in [5.41, 5.74) is 0. The molecular formula is C17H28N2O3. The second-order valence-electron chi connectivity index (χ2n) is 7.36. The van der Waals surface area contributed by atoms with Gasteiger partial charge < -0.3 is 14.5 Å². The summed E-state index contributed by atoms with van der Waals surface area (Å²) in [6, 6.07) is 0.375. The number of hydrogen-bond acceptors (Lipinski definition) is 3. The highest BCUT2D eigenvalue weighted by molar-refractivity contribution is 5.76. The summed E-state index contributed by atoms with van der Waals surface area (Å²) in [6.07, 6.45) is 6.07. The lowest BCUT2D eigenvalue weighted by Crippen LogP contribution is -2.54. The summed E-state index contributed by atoms with van der Waals surface area (Å²) in [5.74, 6) is 1.29. The van der Waals surface area contributed by atoms with Crippen LogP contribution in [0.25, 0.3) is 0 Å². The molecule has 3 aliphatic rings. The summed E-state index contributed by atoms with van der Waals surface area (Å²) < 4.78 is 5.35. The average molecular weight is 308 g/mol. The number of amides is 2. The first-order valence-electron chi connectivity index (χ1n) is 8.79. The Morgan fingerprint density at radius 2 is 1.95 bits per heavy atom. The van der Waals surface area contributed by atoms with Crippen LogP contribution in [0.4, 0.5) is 4.79 Å². The monoisotopic (exact) mass is 308 g/mol. The Hall–Kier alpha value is -1.26. The Bertz CT molecular complexity index is 434. The Labute approximate surface area is 133 Å². The summed E-state index contributed by atoms with van der Waals surface area (Å²) >= 11 is 0. The molecule has 0 radical (unpaired) electrons. The SMILES string of the molecule is CC(C)N1C(=O)OC[C@H]2CCN(C(=O)CC3CCC3)CC[C@@H]21. The molecule has 1 saturated carbocycles. The smallest absolute Gasteiger partial charge is 0.410 e. The Morgan fingerprint density at radius 1 is 1.23 bits per heavy atom. The molecule has 2 heterocycles. The Kier molecular flexibility index (Phi) is 4.59. The standard InChI is InChI=1S/C17H28N2O3/c1-12(2)19-15-7-9-18(16(20)10-13-4-3-5-13)8-6-14(15)11-22-17(19)21/h12-15H,3-11H2,1-2H3/t14-,15+/m1/s1. The number of carbonyl (C=O) groups excluding carboxylic acids is 2. The molecule has 0 aromatic carbocycles. The van der Waals surface area contributed by atoms with Crippen LogP contribution in [-0.4, -0.2) is 53.6 Å². The van der Waals surface area contributed by atoms with Gasteiger partial charge in [0.1, 0.15) is 0 Å². The fourth-order valence-corrected chi connectivity index (χ4v) is 4.01. The normalized spacial score (nSPS) is 29.7. The van der Waals surface area contributed by atoms with E-state index in [1.807, 2.05) is 23.6 Å². The fourth-order valence-electron chi connectivity index (χ4n) is 4.01. The van der Waals surface area contributed by atoms with E-state index in [2.05, 4.69) is 0 Å². The van der Waals surface area contributed by atoms with Crippen molar-refractivity contribution in [1.29, 1.82) is 0 Å². The maximum atomic E-state index is 12.5. The third kappa shape index (κ3) is 3.08. The van der Waals surface area contributed by atoms with Crippen LogP contribution in [0, 0.1) is 11.8 Å². The first kappa shape index (κ1) is 15.6. The Morgan fingerprint density at radius 3 is 2.59 bits per heavy atom. The van der Waals surface area contributed by atoms with Crippen molar-refractivity contribution < 1.29 is 14.3 Å². The molecule has 0 spiro atoms. The summed E-state index contributed by atoms with van der Waals surface area (Å²) in [4.78, 5) is 28.4. The minimum atomic E-state index is -0.189. The number of hydrogen-bond donors (Lipinski definition) is 0. The van der Waals surface area contributed by atoms with Crippen molar-refractivity contribution in [2.45, 2.75) is 64.5 Å². The molecule has 0 unspecified atom stereocenters. The summed E-state index contributed by atoms with van der Waals surface area (Å²) in [5, 5.41) is 0. The quantitative estimate of drug-likeness (QED) is 0.805. The van der Waals surface area contributed by atoms with Crippen molar-refractivity contribution in [3.63, 3.8) is 0 Å². The summed E-state index contributed by atoms with van der Waals surface area (Å²) in [6.45, 7) is 6.18. The molecule has 2 aliphatic heterocycles. The highest BCUT2D eigenvalue weighted by Crippen LogP contribution is 2.32. The molecule has 0 bridgehead atoms. The van der Waals surface area contributed by atoms with Gasteiger partial charge in [0.25, 0.3) is 0 Å². The lowest BCUT2D eigenvalue weighted by Gasteiger charge is -2.41. The van der Waals surface area contributed by atoms with Gasteiger partial charge in [-0.25, -0.2) is 4.79 Å². The van der Waals surface area contributed by atoms with Crippen LogP contribution >= 0.6 is 0 Å². The van der Waals surface area contributed by atoms with Gasteiger partial charge in [0, 0.05) is 37.5 Å². The topological polar surface area (TPSA) is 49.9 Å². The van der Waals surface area contributed by atoms with Crippen molar-refractivity contribution >= 4 is 12.0 Å². The number of nitrogens with zero attached hydrogens (tertiary/aromatic N) is 2. The van der Waals surface area contributed by atoms with Crippen molar-refractivity contribution in [2.24, 2.45) is 11.8 Å². The number of fused-ring (bicyclic) bond motifs is 1. The lowest BCUT2D eigenvalue weighted by atomic mass is 9.82. The van der Waals surface area contributed by atoms with Crippen LogP contribution in [0.15, 0.2) is 0 Å². The molecule has 0 N–H and O–H groups in total. The minimum absolute atomic E-state index is 0.150. The fraction of sp³-hybridized carbons (Fsp3) is 0.882. The van der Waals surface area contributed by atoms with Gasteiger partial charge in [-0.05, 0) is 45.4 Å². The molecule has 5 heteroatoms. The zero-order valence-corrected chi connectivity index (χ0v) is 13.8. The van der Waals surface area contributed by atoms with E-state index in [1.54, 1.807) is 0 Å². The highest BCUT2D eigenvalue weighted by Gasteiger charge is 2.40. The van der Waals surface area contributed by atoms with Crippen LogP contribution in [0.2, 0.25) is 0 Å². The molecule has 2 atom stereocenters. The third-order valence-electron chi connectivity index (χ3n) is 5.59. The number of carbonyl (C=O) groups is 2. The van der Waals surface area contributed by atoms with Gasteiger partial charge in [0.15, 0.2) is 0 Å². The van der Waals surface area contributed by atoms with Crippen molar-refractivity contribution in [3.05, 3.63) is 0 Å². The molecule has 0 aromatic rings. The van der Waals surface area contributed by atoms with Crippen LogP contribution in [-0.2, 0) is 9.53 Å². The first-order chi connectivity index (χ1) is 10.6. The minimum Gasteiger partial charge on any atom is -0.449 e. The van der Waals surface area contributed by atoms with Gasteiger partial charge in [-0.2, -0.15) is 0 Å². The largest absolute Gasteiger partial charge is 0.449 e. The van der Waals surface area contributed by atoms with Gasteiger partial charge in [0.2, 0.25) is 5.91 Å². The number of ether oxygens (including phenoxy) is 1. The molecular weight excluding hydrogens is 280 g/mol. The van der Waals surface area contributed by atoms with Crippen molar-refractivity contribution in [2.75, 3.05) is 19.7 Å². The van der Waals surface area contributed by atoms with E-state index in [4.69, 9.17) is 4.74 Å². The molecule has 2 saturated heterocycles. The maximum Gasteiger partial charge on any atom is 0.410 e. The van der Waals surface area contributed by atoms with E-state index >= 15 is 0 Å². The molecule has 1 aliphatic carbocycles. The van der Waals surface area contributed by atoms with E-state index in [0.29, 0.717) is 24.3 Å². The summed E-state index contributed by atoms with van der Waals surface area (Å²) in [7, 11) is 0. The second-order valence-corrected chi connectivity index (χ2v) is 7.36. The average Bonchev–Trinajstić information content (AvgIpc) is 2.64. The van der Waals surface area contributed by atoms with E-state index in [-0.39, 0.29) is 18.2 Å². The third-order valence-corrected chi connectivity index (χ3v) is 5.59. The van der Waals surface area contributed by atoms with E-state index in [0.717, 1.165) is 32.4 Å². The Balaban J connectivity index is 1.62. The van der Waals surface area contributed by atoms with Gasteiger partial charge in [-0.15, -0.1) is 0 Å². The van der Waals surface area contributed by atoms with E-state index < -0.39 is 0 Å². The molecule has 124 valence electrons. The predicted octanol–water partition coefficient (Wildman–Crippen LogP) is 2.64. The van der Waals surface area contributed by atoms with Gasteiger partial charge in [-0.3, -0.25) is 4.79 Å². The number of likely N-dealkylation sites (tertiary alicyclic amines) is 1. The highest BCUT2D eigenvalue weighted by atomic mass is 16.6. The van der Waals surface area contributed by atoms with Crippen molar-refractivity contribution in [1.82, 2.24) is 9.80 Å². The lowest BCUT2D eigenvalue weighted by molar-refractivity contribution is -0.132. The predicted molar refractivity (Wildman–Crippen MR) is 83.4 cm³/mol. The molecule has 3 rings (SSSR count). The first-order valence-corrected chi connectivity index (χ1v) is 8.79. The molecule has 0 aromatic heterocycles. The van der Waals surface area contributed by atoms with Crippen LogP contribution < -0.4 is 0 Å². The van der Waals surface area contributed by atoms with Gasteiger partial charge in [-0.1, -0.05) is 6.42 Å². The van der Waals surface area contributed by atoms with Crippen molar-refractivity contribution in [3.8, 4) is 0 Å². The van der Waals surface area contributed by atoms with E-state index in [9.17, 15) is 9.59 Å². The molecule has 22 heavy (non-hydrogen) atoms. The molecule has 3 fully saturated rings.